The Kier molecular flexibility index (Phi) is 6.06. The van der Waals surface area contributed by atoms with E-state index in [1.165, 1.54) is 0 Å². The van der Waals surface area contributed by atoms with Crippen molar-refractivity contribution in [1.82, 2.24) is 10.6 Å². The van der Waals surface area contributed by atoms with Gasteiger partial charge in [0.1, 0.15) is 6.04 Å². The van der Waals surface area contributed by atoms with Gasteiger partial charge in [-0.25, -0.2) is 0 Å². The summed E-state index contributed by atoms with van der Waals surface area (Å²) in [4.78, 5) is 46.5. The van der Waals surface area contributed by atoms with Gasteiger partial charge in [-0.15, -0.1) is 0 Å². The molecular weight excluding hydrogens is 310 g/mol. The maximum Gasteiger partial charge on any atom is 0.252 e. The van der Waals surface area contributed by atoms with Gasteiger partial charge in [0.2, 0.25) is 11.8 Å². The normalized spacial score (nSPS) is 17.1. The first-order valence-electron chi connectivity index (χ1n) is 8.02. The molecule has 0 bridgehead atoms. The lowest BCUT2D eigenvalue weighted by molar-refractivity contribution is -0.134. The van der Waals surface area contributed by atoms with Crippen molar-refractivity contribution in [2.75, 3.05) is 11.9 Å². The zero-order chi connectivity index (χ0) is 17.5. The van der Waals surface area contributed by atoms with Crippen LogP contribution in [0.15, 0.2) is 18.2 Å². The average molecular weight is 331 g/mol. The second-order valence-corrected chi connectivity index (χ2v) is 5.68. The smallest absolute Gasteiger partial charge is 0.252 e. The highest BCUT2D eigenvalue weighted by molar-refractivity contribution is 6.06. The molecule has 1 unspecified atom stereocenters. The summed E-state index contributed by atoms with van der Waals surface area (Å²) in [5.74, 6) is -1.38. The Hall–Kier alpha value is -2.70. The molecule has 1 aromatic rings. The van der Waals surface area contributed by atoms with E-state index in [1.807, 2.05) is 0 Å². The van der Waals surface area contributed by atoms with E-state index >= 15 is 0 Å². The first-order chi connectivity index (χ1) is 11.5. The molecule has 1 aromatic carbocycles. The molecule has 0 aromatic heterocycles. The predicted octanol–water partition coefficient (Wildman–Crippen LogP) is 1.25. The van der Waals surface area contributed by atoms with Crippen LogP contribution in [-0.4, -0.2) is 36.6 Å². The largest absolute Gasteiger partial charge is 0.385 e. The van der Waals surface area contributed by atoms with Gasteiger partial charge in [-0.3, -0.25) is 24.5 Å². The van der Waals surface area contributed by atoms with E-state index in [0.717, 1.165) is 25.1 Å². The van der Waals surface area contributed by atoms with Crippen LogP contribution in [0, 0.1) is 0 Å². The molecule has 7 heteroatoms. The summed E-state index contributed by atoms with van der Waals surface area (Å²) in [5.41, 5.74) is 1.19. The van der Waals surface area contributed by atoms with Crippen LogP contribution >= 0.6 is 0 Å². The van der Waals surface area contributed by atoms with Gasteiger partial charge in [0.15, 0.2) is 6.29 Å². The molecule has 0 radical (unpaired) electrons. The number of carbonyl (C=O) groups is 4. The van der Waals surface area contributed by atoms with Gasteiger partial charge in [0, 0.05) is 24.2 Å². The summed E-state index contributed by atoms with van der Waals surface area (Å²) < 4.78 is 0. The Morgan fingerprint density at radius 3 is 2.83 bits per heavy atom. The van der Waals surface area contributed by atoms with E-state index in [-0.39, 0.29) is 29.9 Å². The van der Waals surface area contributed by atoms with Crippen LogP contribution in [0.2, 0.25) is 0 Å². The molecule has 1 fully saturated rings. The number of nitrogens with one attached hydrogen (secondary N) is 3. The summed E-state index contributed by atoms with van der Waals surface area (Å²) in [6.45, 7) is 2.85. The van der Waals surface area contributed by atoms with E-state index in [4.69, 9.17) is 0 Å². The second-order valence-electron chi connectivity index (χ2n) is 5.68. The van der Waals surface area contributed by atoms with Crippen molar-refractivity contribution >= 4 is 29.7 Å². The minimum atomic E-state index is -0.772. The highest BCUT2D eigenvalue weighted by Crippen LogP contribution is 2.16. The zero-order valence-corrected chi connectivity index (χ0v) is 13.6. The van der Waals surface area contributed by atoms with Crippen molar-refractivity contribution in [3.05, 3.63) is 29.3 Å². The molecule has 24 heavy (non-hydrogen) atoms. The van der Waals surface area contributed by atoms with Crippen molar-refractivity contribution < 1.29 is 19.2 Å². The van der Waals surface area contributed by atoms with Gasteiger partial charge in [-0.2, -0.15) is 0 Å². The van der Waals surface area contributed by atoms with Crippen LogP contribution in [-0.2, 0) is 9.59 Å². The van der Waals surface area contributed by atoms with E-state index in [1.54, 1.807) is 18.2 Å². The Bertz CT molecular complexity index is 657. The minimum Gasteiger partial charge on any atom is -0.385 e. The molecule has 7 nitrogen and oxygen atoms in total. The number of imide groups is 1. The van der Waals surface area contributed by atoms with Crippen LogP contribution in [0.3, 0.4) is 0 Å². The van der Waals surface area contributed by atoms with E-state index in [9.17, 15) is 19.2 Å². The lowest BCUT2D eigenvalue weighted by Gasteiger charge is -2.22. The first kappa shape index (κ1) is 17.7. The molecule has 1 atom stereocenters. The van der Waals surface area contributed by atoms with Gasteiger partial charge in [-0.1, -0.05) is 13.3 Å². The molecule has 3 amide bonds. The third-order valence-electron chi connectivity index (χ3n) is 3.83. The summed E-state index contributed by atoms with van der Waals surface area (Å²) in [6, 6.07) is 4.13. The number of benzene rings is 1. The van der Waals surface area contributed by atoms with E-state index in [0.29, 0.717) is 6.29 Å². The maximum atomic E-state index is 12.4. The lowest BCUT2D eigenvalue weighted by Crippen LogP contribution is -2.52. The minimum absolute atomic E-state index is 0.176. The van der Waals surface area contributed by atoms with Crippen molar-refractivity contribution in [1.29, 1.82) is 0 Å². The standard InChI is InChI=1S/C17H21N3O4/c1-2-3-8-18-12-5-4-11(10-21)13(9-12)16(23)19-14-6-7-15(22)20-17(14)24/h4-5,9-10,14,18H,2-3,6-8H2,1H3,(H,19,23)(H,20,22,24). The maximum absolute atomic E-state index is 12.4. The fraction of sp³-hybridized carbons (Fsp3) is 0.412. The molecule has 0 spiro atoms. The fourth-order valence-electron chi connectivity index (χ4n) is 2.44. The second kappa shape index (κ2) is 8.24. The van der Waals surface area contributed by atoms with Crippen LogP contribution in [0.4, 0.5) is 5.69 Å². The molecule has 2 rings (SSSR count). The molecule has 0 saturated carbocycles. The third-order valence-corrected chi connectivity index (χ3v) is 3.83. The van der Waals surface area contributed by atoms with Crippen molar-refractivity contribution in [3.8, 4) is 0 Å². The first-order valence-corrected chi connectivity index (χ1v) is 8.02. The number of hydrogen-bond donors (Lipinski definition) is 3. The fourth-order valence-corrected chi connectivity index (χ4v) is 2.44. The summed E-state index contributed by atoms with van der Waals surface area (Å²) in [6.07, 6.45) is 3.07. The van der Waals surface area contributed by atoms with Crippen molar-refractivity contribution in [2.45, 2.75) is 38.6 Å². The molecule has 1 aliphatic rings. The summed E-state index contributed by atoms with van der Waals surface area (Å²) in [5, 5.41) is 7.96. The summed E-state index contributed by atoms with van der Waals surface area (Å²) >= 11 is 0. The Labute approximate surface area is 140 Å². The van der Waals surface area contributed by atoms with Gasteiger partial charge in [0.25, 0.3) is 5.91 Å². The molecule has 0 aliphatic carbocycles. The Morgan fingerprint density at radius 1 is 1.38 bits per heavy atom. The summed E-state index contributed by atoms with van der Waals surface area (Å²) in [7, 11) is 0. The van der Waals surface area contributed by atoms with E-state index < -0.39 is 17.9 Å². The number of hydrogen-bond acceptors (Lipinski definition) is 5. The molecule has 3 N–H and O–H groups in total. The third kappa shape index (κ3) is 4.41. The predicted molar refractivity (Wildman–Crippen MR) is 88.9 cm³/mol. The number of piperidine rings is 1. The average Bonchev–Trinajstić information content (AvgIpc) is 2.57. The van der Waals surface area contributed by atoms with Crippen LogP contribution in [0.25, 0.3) is 0 Å². The quantitative estimate of drug-likeness (QED) is 0.396. The van der Waals surface area contributed by atoms with Gasteiger partial charge >= 0.3 is 0 Å². The van der Waals surface area contributed by atoms with Gasteiger partial charge < -0.3 is 10.6 Å². The molecule has 1 heterocycles. The van der Waals surface area contributed by atoms with Crippen LogP contribution in [0.1, 0.15) is 53.3 Å². The van der Waals surface area contributed by atoms with E-state index in [2.05, 4.69) is 22.9 Å². The number of anilines is 1. The highest BCUT2D eigenvalue weighted by atomic mass is 16.2. The Balaban J connectivity index is 2.11. The topological polar surface area (TPSA) is 104 Å². The van der Waals surface area contributed by atoms with Crippen molar-refractivity contribution in [2.24, 2.45) is 0 Å². The SMILES string of the molecule is CCCCNc1ccc(C=O)c(C(=O)NC2CCC(=O)NC2=O)c1. The number of rotatable bonds is 7. The van der Waals surface area contributed by atoms with Crippen LogP contribution < -0.4 is 16.0 Å². The molecule has 1 saturated heterocycles. The highest BCUT2D eigenvalue weighted by Gasteiger charge is 2.28. The Morgan fingerprint density at radius 2 is 2.17 bits per heavy atom. The zero-order valence-electron chi connectivity index (χ0n) is 13.6. The van der Waals surface area contributed by atoms with Crippen molar-refractivity contribution in [3.63, 3.8) is 0 Å². The van der Waals surface area contributed by atoms with Gasteiger partial charge in [0.05, 0.1) is 5.56 Å². The molecule has 1 aliphatic heterocycles. The van der Waals surface area contributed by atoms with Gasteiger partial charge in [-0.05, 0) is 31.0 Å². The lowest BCUT2D eigenvalue weighted by atomic mass is 10.0. The molecule has 128 valence electrons. The number of unbranched alkanes of at least 4 members (excludes halogenated alkanes) is 1. The number of amides is 3. The van der Waals surface area contributed by atoms with Crippen LogP contribution in [0.5, 0.6) is 0 Å². The molecular formula is C17H21N3O4. The number of carbonyl (C=O) groups excluding carboxylic acids is 4. The monoisotopic (exact) mass is 331 g/mol. The number of aldehydes is 1.